The van der Waals surface area contributed by atoms with Crippen molar-refractivity contribution < 1.29 is 14.7 Å². The average molecular weight is 308 g/mol. The topological polar surface area (TPSA) is 101 Å². The van der Waals surface area contributed by atoms with Gasteiger partial charge < -0.3 is 10.4 Å². The molecule has 7 nitrogen and oxygen atoms in total. The number of carboxylic acid groups (broad SMARTS) is 1. The molecule has 1 aromatic heterocycles. The Labute approximate surface area is 123 Å². The smallest absolute Gasteiger partial charge is 0.337 e. The summed E-state index contributed by atoms with van der Waals surface area (Å²) >= 11 is 5.73. The molecule has 0 atom stereocenters. The Morgan fingerprint density at radius 3 is 2.62 bits per heavy atom. The van der Waals surface area contributed by atoms with Gasteiger partial charge in [0.25, 0.3) is 11.5 Å². The third kappa shape index (κ3) is 3.26. The van der Waals surface area contributed by atoms with Crippen molar-refractivity contribution in [2.24, 2.45) is 7.05 Å². The van der Waals surface area contributed by atoms with Gasteiger partial charge in [0.2, 0.25) is 0 Å². The van der Waals surface area contributed by atoms with E-state index in [4.69, 9.17) is 16.7 Å². The first-order valence-electron chi connectivity index (χ1n) is 5.77. The van der Waals surface area contributed by atoms with Gasteiger partial charge >= 0.3 is 5.97 Å². The highest BCUT2D eigenvalue weighted by Gasteiger charge is 2.15. The summed E-state index contributed by atoms with van der Waals surface area (Å²) in [7, 11) is 1.41. The summed E-state index contributed by atoms with van der Waals surface area (Å²) in [5.74, 6) is -1.85. The Hall–Kier alpha value is -2.67. The highest BCUT2D eigenvalue weighted by atomic mass is 35.5. The number of rotatable bonds is 3. The lowest BCUT2D eigenvalue weighted by Gasteiger charge is -2.08. The highest BCUT2D eigenvalue weighted by Crippen LogP contribution is 2.21. The SMILES string of the molecule is Cn1nc(C(=O)Nc2ccc(Cl)cc2C(=O)O)ccc1=O. The number of amides is 1. The van der Waals surface area contributed by atoms with Crippen LogP contribution in [-0.2, 0) is 7.05 Å². The molecule has 0 aliphatic rings. The number of aryl methyl sites for hydroxylation is 1. The number of hydrogen-bond acceptors (Lipinski definition) is 4. The lowest BCUT2D eigenvalue weighted by Crippen LogP contribution is -2.24. The van der Waals surface area contributed by atoms with E-state index in [9.17, 15) is 14.4 Å². The van der Waals surface area contributed by atoms with E-state index in [2.05, 4.69) is 10.4 Å². The van der Waals surface area contributed by atoms with Gasteiger partial charge in [-0.3, -0.25) is 9.59 Å². The van der Waals surface area contributed by atoms with Gasteiger partial charge in [-0.05, 0) is 24.3 Å². The summed E-state index contributed by atoms with van der Waals surface area (Å²) in [5, 5.41) is 15.5. The zero-order chi connectivity index (χ0) is 15.6. The number of nitrogens with zero attached hydrogens (tertiary/aromatic N) is 2. The van der Waals surface area contributed by atoms with E-state index in [1.54, 1.807) is 0 Å². The standard InChI is InChI=1S/C13H10ClN3O4/c1-17-11(18)5-4-10(16-17)12(19)15-9-3-2-7(14)6-8(9)13(20)21/h2-6H,1H3,(H,15,19)(H,20,21). The Bertz CT molecular complexity index is 785. The zero-order valence-corrected chi connectivity index (χ0v) is 11.6. The quantitative estimate of drug-likeness (QED) is 0.892. The van der Waals surface area contributed by atoms with Crippen molar-refractivity contribution in [3.8, 4) is 0 Å². The second kappa shape index (κ2) is 5.76. The predicted octanol–water partition coefficient (Wildman–Crippen LogP) is 1.38. The number of benzene rings is 1. The van der Waals surface area contributed by atoms with E-state index >= 15 is 0 Å². The van der Waals surface area contributed by atoms with Crippen molar-refractivity contribution in [2.45, 2.75) is 0 Å². The number of halogens is 1. The maximum atomic E-state index is 12.0. The van der Waals surface area contributed by atoms with Crippen LogP contribution in [0.15, 0.2) is 35.1 Å². The number of carboxylic acids is 1. The maximum Gasteiger partial charge on any atom is 0.337 e. The Morgan fingerprint density at radius 1 is 1.29 bits per heavy atom. The lowest BCUT2D eigenvalue weighted by atomic mass is 10.1. The maximum absolute atomic E-state index is 12.0. The molecule has 0 fully saturated rings. The molecule has 0 saturated heterocycles. The third-order valence-corrected chi connectivity index (χ3v) is 2.89. The molecule has 1 aromatic carbocycles. The van der Waals surface area contributed by atoms with Gasteiger partial charge in [0.15, 0.2) is 0 Å². The van der Waals surface area contributed by atoms with E-state index in [0.29, 0.717) is 0 Å². The monoisotopic (exact) mass is 307 g/mol. The van der Waals surface area contributed by atoms with Crippen molar-refractivity contribution in [1.29, 1.82) is 0 Å². The van der Waals surface area contributed by atoms with Crippen LogP contribution >= 0.6 is 11.6 Å². The number of aromatic carboxylic acids is 1. The molecule has 1 amide bonds. The molecule has 2 rings (SSSR count). The number of aromatic nitrogens is 2. The van der Waals surface area contributed by atoms with Crippen molar-refractivity contribution in [3.05, 3.63) is 57.0 Å². The van der Waals surface area contributed by atoms with Gasteiger partial charge in [-0.15, -0.1) is 0 Å². The fourth-order valence-electron chi connectivity index (χ4n) is 1.61. The molecule has 0 unspecified atom stereocenters. The Kier molecular flexibility index (Phi) is 4.04. The summed E-state index contributed by atoms with van der Waals surface area (Å²) in [6.45, 7) is 0. The van der Waals surface area contributed by atoms with Crippen LogP contribution in [0.5, 0.6) is 0 Å². The first kappa shape index (κ1) is 14.7. The van der Waals surface area contributed by atoms with Crippen LogP contribution in [0.25, 0.3) is 0 Å². The molecule has 21 heavy (non-hydrogen) atoms. The van der Waals surface area contributed by atoms with Crippen LogP contribution in [0.2, 0.25) is 5.02 Å². The number of anilines is 1. The zero-order valence-electron chi connectivity index (χ0n) is 10.8. The molecule has 1 heterocycles. The lowest BCUT2D eigenvalue weighted by molar-refractivity contribution is 0.0698. The first-order chi connectivity index (χ1) is 9.88. The predicted molar refractivity (Wildman–Crippen MR) is 75.8 cm³/mol. The normalized spacial score (nSPS) is 10.2. The van der Waals surface area contributed by atoms with Crippen LogP contribution in [-0.4, -0.2) is 26.8 Å². The summed E-state index contributed by atoms with van der Waals surface area (Å²) in [6, 6.07) is 6.52. The number of carbonyl (C=O) groups is 2. The molecule has 0 spiro atoms. The van der Waals surface area contributed by atoms with Gasteiger partial charge in [-0.2, -0.15) is 5.10 Å². The molecular formula is C13H10ClN3O4. The molecule has 2 N–H and O–H groups in total. The van der Waals surface area contributed by atoms with Crippen LogP contribution in [0.1, 0.15) is 20.8 Å². The van der Waals surface area contributed by atoms with Gasteiger partial charge in [-0.25, -0.2) is 9.48 Å². The fraction of sp³-hybridized carbons (Fsp3) is 0.0769. The minimum absolute atomic E-state index is 0.0108. The molecule has 0 aliphatic carbocycles. The van der Waals surface area contributed by atoms with Crippen molar-refractivity contribution in [2.75, 3.05) is 5.32 Å². The van der Waals surface area contributed by atoms with Gasteiger partial charge in [-0.1, -0.05) is 11.6 Å². The van der Waals surface area contributed by atoms with Crippen molar-refractivity contribution in [1.82, 2.24) is 9.78 Å². The van der Waals surface area contributed by atoms with E-state index in [1.165, 1.54) is 37.4 Å². The van der Waals surface area contributed by atoms with E-state index in [0.717, 1.165) is 4.68 Å². The Balaban J connectivity index is 2.33. The fourth-order valence-corrected chi connectivity index (χ4v) is 1.78. The number of carbonyl (C=O) groups excluding carboxylic acids is 1. The van der Waals surface area contributed by atoms with Gasteiger partial charge in [0.1, 0.15) is 5.69 Å². The van der Waals surface area contributed by atoms with Crippen LogP contribution in [0.4, 0.5) is 5.69 Å². The third-order valence-electron chi connectivity index (χ3n) is 2.65. The van der Waals surface area contributed by atoms with Crippen LogP contribution < -0.4 is 10.9 Å². The molecule has 0 saturated carbocycles. The molecule has 0 aliphatic heterocycles. The summed E-state index contributed by atoms with van der Waals surface area (Å²) in [4.78, 5) is 34.4. The van der Waals surface area contributed by atoms with Crippen LogP contribution in [0, 0.1) is 0 Å². The average Bonchev–Trinajstić information content (AvgIpc) is 2.43. The number of nitrogens with one attached hydrogen (secondary N) is 1. The molecule has 2 aromatic rings. The van der Waals surface area contributed by atoms with E-state index in [1.807, 2.05) is 0 Å². The minimum atomic E-state index is -1.22. The largest absolute Gasteiger partial charge is 0.478 e. The molecule has 108 valence electrons. The summed E-state index contributed by atoms with van der Waals surface area (Å²) in [6.07, 6.45) is 0. The van der Waals surface area contributed by atoms with Crippen molar-refractivity contribution >= 4 is 29.2 Å². The minimum Gasteiger partial charge on any atom is -0.478 e. The van der Waals surface area contributed by atoms with Crippen molar-refractivity contribution in [3.63, 3.8) is 0 Å². The second-order valence-corrected chi connectivity index (χ2v) is 4.57. The van der Waals surface area contributed by atoms with Crippen LogP contribution in [0.3, 0.4) is 0 Å². The van der Waals surface area contributed by atoms with Gasteiger partial charge in [0.05, 0.1) is 11.3 Å². The molecular weight excluding hydrogens is 298 g/mol. The molecule has 8 heteroatoms. The number of hydrogen-bond donors (Lipinski definition) is 2. The van der Waals surface area contributed by atoms with E-state index in [-0.39, 0.29) is 27.5 Å². The first-order valence-corrected chi connectivity index (χ1v) is 6.15. The molecule has 0 bridgehead atoms. The van der Waals surface area contributed by atoms with E-state index < -0.39 is 11.9 Å². The Morgan fingerprint density at radius 2 is 2.00 bits per heavy atom. The van der Waals surface area contributed by atoms with Gasteiger partial charge in [0, 0.05) is 18.1 Å². The molecule has 0 radical (unpaired) electrons. The second-order valence-electron chi connectivity index (χ2n) is 4.13. The summed E-state index contributed by atoms with van der Waals surface area (Å²) in [5.41, 5.74) is -0.416. The highest BCUT2D eigenvalue weighted by molar-refractivity contribution is 6.31. The summed E-state index contributed by atoms with van der Waals surface area (Å²) < 4.78 is 1.01.